The lowest BCUT2D eigenvalue weighted by molar-refractivity contribution is -0.384. The van der Waals surface area contributed by atoms with E-state index in [2.05, 4.69) is 15.6 Å². The molecule has 22 heavy (non-hydrogen) atoms. The Kier molecular flexibility index (Phi) is 4.86. The molecule has 0 bridgehead atoms. The van der Waals surface area contributed by atoms with Crippen LogP contribution in [0.25, 0.3) is 0 Å². The second-order valence-electron chi connectivity index (χ2n) is 4.42. The van der Waals surface area contributed by atoms with Gasteiger partial charge in [0.2, 0.25) is 0 Å². The summed E-state index contributed by atoms with van der Waals surface area (Å²) in [7, 11) is 0. The number of anilines is 2. The molecule has 1 amide bonds. The number of para-hydroxylation sites is 2. The zero-order valence-electron chi connectivity index (χ0n) is 11.7. The van der Waals surface area contributed by atoms with Crippen LogP contribution in [-0.4, -0.2) is 28.9 Å². The van der Waals surface area contributed by atoms with Gasteiger partial charge in [0.25, 0.3) is 11.6 Å². The molecule has 0 aliphatic heterocycles. The second kappa shape index (κ2) is 7.02. The summed E-state index contributed by atoms with van der Waals surface area (Å²) in [6, 6.07) is 9.69. The third-order valence-electron chi connectivity index (χ3n) is 2.88. The summed E-state index contributed by atoms with van der Waals surface area (Å²) in [6.45, 7) is 0.980. The van der Waals surface area contributed by atoms with Crippen molar-refractivity contribution in [2.45, 2.75) is 0 Å². The third-order valence-corrected chi connectivity index (χ3v) is 2.88. The lowest BCUT2D eigenvalue weighted by atomic mass is 10.2. The van der Waals surface area contributed by atoms with Gasteiger partial charge >= 0.3 is 0 Å². The van der Waals surface area contributed by atoms with Crippen molar-refractivity contribution in [1.82, 2.24) is 4.98 Å². The van der Waals surface area contributed by atoms with Crippen LogP contribution in [-0.2, 0) is 0 Å². The normalized spacial score (nSPS) is 10.0. The number of nitrogens with one attached hydrogen (secondary N) is 2. The number of rotatable bonds is 7. The Morgan fingerprint density at radius 2 is 1.95 bits per heavy atom. The quantitative estimate of drug-likeness (QED) is 0.405. The van der Waals surface area contributed by atoms with Crippen LogP contribution in [0, 0.1) is 10.1 Å². The lowest BCUT2D eigenvalue weighted by Gasteiger charge is -2.09. The predicted octanol–water partition coefficient (Wildman–Crippen LogP) is 1.61. The fourth-order valence-electron chi connectivity index (χ4n) is 1.86. The van der Waals surface area contributed by atoms with Crippen molar-refractivity contribution in [3.63, 3.8) is 0 Å². The molecule has 0 saturated carbocycles. The van der Waals surface area contributed by atoms with E-state index in [1.165, 1.54) is 12.3 Å². The maximum atomic E-state index is 11.0. The van der Waals surface area contributed by atoms with Crippen LogP contribution in [0.15, 0.2) is 42.6 Å². The fourth-order valence-corrected chi connectivity index (χ4v) is 1.86. The number of nitrogens with zero attached hydrogens (tertiary/aromatic N) is 2. The van der Waals surface area contributed by atoms with Crippen LogP contribution in [0.1, 0.15) is 10.5 Å². The molecule has 2 aromatic rings. The largest absolute Gasteiger partial charge is 0.383 e. The van der Waals surface area contributed by atoms with Gasteiger partial charge < -0.3 is 16.4 Å². The van der Waals surface area contributed by atoms with E-state index < -0.39 is 10.8 Å². The Labute approximate surface area is 126 Å². The van der Waals surface area contributed by atoms with Crippen molar-refractivity contribution in [1.29, 1.82) is 0 Å². The molecule has 4 N–H and O–H groups in total. The standard InChI is InChI=1S/C14H15N5O3/c15-14(20)12-9-10(5-6-17-12)16-7-8-18-11-3-1-2-4-13(11)19(21)22/h1-6,9,18H,7-8H2,(H2,15,20)(H,16,17). The molecule has 0 spiro atoms. The Balaban J connectivity index is 1.89. The smallest absolute Gasteiger partial charge is 0.292 e. The molecule has 0 atom stereocenters. The average molecular weight is 301 g/mol. The van der Waals surface area contributed by atoms with Crippen LogP contribution in [0.2, 0.25) is 0 Å². The van der Waals surface area contributed by atoms with Gasteiger partial charge in [-0.05, 0) is 18.2 Å². The molecular formula is C14H15N5O3. The predicted molar refractivity (Wildman–Crippen MR) is 82.8 cm³/mol. The summed E-state index contributed by atoms with van der Waals surface area (Å²) in [5.74, 6) is -0.596. The number of nitrogens with two attached hydrogens (primary N) is 1. The van der Waals surface area contributed by atoms with Gasteiger partial charge in [-0.1, -0.05) is 12.1 Å². The van der Waals surface area contributed by atoms with Gasteiger partial charge in [0.05, 0.1) is 4.92 Å². The number of amides is 1. The van der Waals surface area contributed by atoms with Crippen LogP contribution >= 0.6 is 0 Å². The van der Waals surface area contributed by atoms with E-state index in [-0.39, 0.29) is 11.4 Å². The molecule has 0 radical (unpaired) electrons. The minimum atomic E-state index is -0.596. The molecular weight excluding hydrogens is 286 g/mol. The van der Waals surface area contributed by atoms with Crippen molar-refractivity contribution in [3.8, 4) is 0 Å². The molecule has 8 heteroatoms. The van der Waals surface area contributed by atoms with E-state index in [0.717, 1.165) is 0 Å². The minimum Gasteiger partial charge on any atom is -0.383 e. The Bertz CT molecular complexity index is 690. The highest BCUT2D eigenvalue weighted by Crippen LogP contribution is 2.22. The molecule has 8 nitrogen and oxygen atoms in total. The highest BCUT2D eigenvalue weighted by atomic mass is 16.6. The first kappa shape index (κ1) is 15.2. The van der Waals surface area contributed by atoms with Crippen LogP contribution in [0.3, 0.4) is 0 Å². The van der Waals surface area contributed by atoms with Crippen molar-refractivity contribution in [2.75, 3.05) is 23.7 Å². The molecule has 1 aromatic heterocycles. The zero-order valence-corrected chi connectivity index (χ0v) is 11.7. The van der Waals surface area contributed by atoms with Crippen LogP contribution in [0.4, 0.5) is 17.1 Å². The van der Waals surface area contributed by atoms with Crippen molar-refractivity contribution < 1.29 is 9.72 Å². The van der Waals surface area contributed by atoms with E-state index in [4.69, 9.17) is 5.73 Å². The lowest BCUT2D eigenvalue weighted by Crippen LogP contribution is -2.16. The Morgan fingerprint density at radius 1 is 1.23 bits per heavy atom. The number of benzene rings is 1. The number of carbonyl (C=O) groups excluding carboxylic acids is 1. The summed E-state index contributed by atoms with van der Waals surface area (Å²) >= 11 is 0. The van der Waals surface area contributed by atoms with E-state index in [1.54, 1.807) is 30.3 Å². The highest BCUT2D eigenvalue weighted by Gasteiger charge is 2.11. The number of hydrogen-bond donors (Lipinski definition) is 3. The molecule has 1 heterocycles. The number of nitro groups is 1. The van der Waals surface area contributed by atoms with Gasteiger partial charge in [0, 0.05) is 31.0 Å². The van der Waals surface area contributed by atoms with Gasteiger partial charge in [-0.25, -0.2) is 0 Å². The SMILES string of the molecule is NC(=O)c1cc(NCCNc2ccccc2[N+](=O)[O-])ccn1. The van der Waals surface area contributed by atoms with Gasteiger partial charge in [-0.2, -0.15) is 0 Å². The maximum absolute atomic E-state index is 11.0. The number of nitro benzene ring substituents is 1. The molecule has 0 aliphatic carbocycles. The van der Waals surface area contributed by atoms with Gasteiger partial charge in [0.15, 0.2) is 0 Å². The number of pyridine rings is 1. The van der Waals surface area contributed by atoms with Crippen LogP contribution in [0.5, 0.6) is 0 Å². The summed E-state index contributed by atoms with van der Waals surface area (Å²) in [4.78, 5) is 25.3. The first-order valence-electron chi connectivity index (χ1n) is 6.55. The summed E-state index contributed by atoms with van der Waals surface area (Å²) in [6.07, 6.45) is 1.48. The number of aromatic nitrogens is 1. The summed E-state index contributed by atoms with van der Waals surface area (Å²) in [5.41, 5.74) is 6.52. The molecule has 0 unspecified atom stereocenters. The van der Waals surface area contributed by atoms with Gasteiger partial charge in [-0.15, -0.1) is 0 Å². The van der Waals surface area contributed by atoms with Gasteiger partial charge in [-0.3, -0.25) is 19.9 Å². The Morgan fingerprint density at radius 3 is 2.68 bits per heavy atom. The minimum absolute atomic E-state index is 0.0300. The molecule has 0 saturated heterocycles. The summed E-state index contributed by atoms with van der Waals surface area (Å²) < 4.78 is 0. The first-order valence-corrected chi connectivity index (χ1v) is 6.55. The van der Waals surface area contributed by atoms with Gasteiger partial charge in [0.1, 0.15) is 11.4 Å². The third kappa shape index (κ3) is 3.92. The molecule has 2 rings (SSSR count). The first-order chi connectivity index (χ1) is 10.6. The topological polar surface area (TPSA) is 123 Å². The zero-order chi connectivity index (χ0) is 15.9. The second-order valence-corrected chi connectivity index (χ2v) is 4.42. The number of hydrogen-bond acceptors (Lipinski definition) is 6. The molecule has 114 valence electrons. The van der Waals surface area contributed by atoms with E-state index >= 15 is 0 Å². The van der Waals surface area contributed by atoms with E-state index in [9.17, 15) is 14.9 Å². The van der Waals surface area contributed by atoms with Crippen molar-refractivity contribution in [2.24, 2.45) is 5.73 Å². The number of carbonyl (C=O) groups is 1. The van der Waals surface area contributed by atoms with E-state index in [0.29, 0.717) is 24.5 Å². The highest BCUT2D eigenvalue weighted by molar-refractivity contribution is 5.91. The van der Waals surface area contributed by atoms with Crippen molar-refractivity contribution >= 4 is 23.0 Å². The van der Waals surface area contributed by atoms with Crippen LogP contribution < -0.4 is 16.4 Å². The van der Waals surface area contributed by atoms with E-state index in [1.807, 2.05) is 0 Å². The number of primary amides is 1. The molecule has 0 aliphatic rings. The average Bonchev–Trinajstić information content (AvgIpc) is 2.52. The molecule has 1 aromatic carbocycles. The Hall–Kier alpha value is -3.16. The fraction of sp³-hybridized carbons (Fsp3) is 0.143. The molecule has 0 fully saturated rings. The monoisotopic (exact) mass is 301 g/mol. The van der Waals surface area contributed by atoms with Crippen molar-refractivity contribution in [3.05, 3.63) is 58.4 Å². The maximum Gasteiger partial charge on any atom is 0.292 e. The summed E-state index contributed by atoms with van der Waals surface area (Å²) in [5, 5.41) is 16.9.